The molecule has 0 saturated carbocycles. The lowest BCUT2D eigenvalue weighted by Gasteiger charge is -1.67. The van der Waals surface area contributed by atoms with Gasteiger partial charge in [-0.3, -0.25) is 9.59 Å². The highest BCUT2D eigenvalue weighted by molar-refractivity contribution is 6.97. The van der Waals surface area contributed by atoms with Crippen LogP contribution in [0.2, 0.25) is 0 Å². The van der Waals surface area contributed by atoms with Crippen molar-refractivity contribution in [1.29, 1.82) is 0 Å². The first-order chi connectivity index (χ1) is 4.56. The van der Waals surface area contributed by atoms with Gasteiger partial charge in [0.15, 0.2) is 0 Å². The summed E-state index contributed by atoms with van der Waals surface area (Å²) < 4.78 is 0. The summed E-state index contributed by atoms with van der Waals surface area (Å²) in [6.45, 7) is 5.00. The molecular formula is C6H5Cl2O2. The molecule has 10 heavy (non-hydrogen) atoms. The minimum atomic E-state index is -1.14. The Morgan fingerprint density at radius 3 is 1.50 bits per heavy atom. The van der Waals surface area contributed by atoms with Gasteiger partial charge in [0, 0.05) is 6.92 Å². The van der Waals surface area contributed by atoms with E-state index in [1.54, 1.807) is 6.92 Å². The van der Waals surface area contributed by atoms with Gasteiger partial charge in [-0.25, -0.2) is 0 Å². The largest absolute Gasteiger partial charge is 0.304 e. The van der Waals surface area contributed by atoms with Gasteiger partial charge in [0.1, 0.15) is 0 Å². The lowest BCUT2D eigenvalue weighted by molar-refractivity contribution is -0.127. The molecular weight excluding hydrogens is 175 g/mol. The fourth-order valence-electron chi connectivity index (χ4n) is 0. The Morgan fingerprint density at radius 2 is 1.50 bits per heavy atom. The number of carbonyl (C=O) groups excluding carboxylic acids is 2. The maximum absolute atomic E-state index is 9.43. The zero-order valence-corrected chi connectivity index (χ0v) is 6.79. The standard InChI is InChI=1S/C4H5.C2Cl2O2/c1-3-4-2;3-1(5)2(4)6/h1H2,2H3;. The van der Waals surface area contributed by atoms with Gasteiger partial charge in [-0.1, -0.05) is 0 Å². The van der Waals surface area contributed by atoms with Crippen LogP contribution in [0.4, 0.5) is 0 Å². The van der Waals surface area contributed by atoms with Crippen molar-refractivity contribution in [2.24, 2.45) is 0 Å². The number of halogens is 2. The zero-order valence-electron chi connectivity index (χ0n) is 5.28. The van der Waals surface area contributed by atoms with Crippen LogP contribution in [-0.2, 0) is 9.59 Å². The monoisotopic (exact) mass is 179 g/mol. The van der Waals surface area contributed by atoms with Gasteiger partial charge >= 0.3 is 10.5 Å². The molecule has 55 valence electrons. The van der Waals surface area contributed by atoms with Crippen LogP contribution in [0.3, 0.4) is 0 Å². The van der Waals surface area contributed by atoms with Crippen LogP contribution in [0.25, 0.3) is 0 Å². The van der Waals surface area contributed by atoms with E-state index in [0.29, 0.717) is 0 Å². The van der Waals surface area contributed by atoms with Crippen molar-refractivity contribution in [2.45, 2.75) is 6.92 Å². The summed E-state index contributed by atoms with van der Waals surface area (Å²) in [5.41, 5.74) is 0. The molecule has 1 radical (unpaired) electrons. The SMILES string of the molecule is O=C(Cl)C(=O)Cl.[CH2]C#CC. The summed E-state index contributed by atoms with van der Waals surface area (Å²) in [5, 5.41) is -2.28. The Balaban J connectivity index is 0. The van der Waals surface area contributed by atoms with Crippen molar-refractivity contribution < 1.29 is 9.59 Å². The van der Waals surface area contributed by atoms with Crippen LogP contribution in [0.5, 0.6) is 0 Å². The smallest absolute Gasteiger partial charge is 0.271 e. The lowest BCUT2D eigenvalue weighted by Crippen LogP contribution is -1.94. The van der Waals surface area contributed by atoms with Crippen molar-refractivity contribution in [2.75, 3.05) is 0 Å². The molecule has 0 aromatic heterocycles. The molecule has 0 rings (SSSR count). The highest BCUT2D eigenvalue weighted by atomic mass is 35.5. The molecule has 0 aromatic carbocycles. The summed E-state index contributed by atoms with van der Waals surface area (Å²) in [4.78, 5) is 18.9. The van der Waals surface area contributed by atoms with Crippen LogP contribution in [0.1, 0.15) is 6.92 Å². The number of hydrogen-bond donors (Lipinski definition) is 0. The molecule has 0 heterocycles. The topological polar surface area (TPSA) is 34.1 Å². The molecule has 0 bridgehead atoms. The third kappa shape index (κ3) is 15.6. The van der Waals surface area contributed by atoms with E-state index in [9.17, 15) is 9.59 Å². The Morgan fingerprint density at radius 1 is 1.30 bits per heavy atom. The number of rotatable bonds is 1. The first-order valence-electron chi connectivity index (χ1n) is 2.14. The fraction of sp³-hybridized carbons (Fsp3) is 0.167. The van der Waals surface area contributed by atoms with Crippen LogP contribution in [-0.4, -0.2) is 10.5 Å². The summed E-state index contributed by atoms with van der Waals surface area (Å²) in [5.74, 6) is 5.00. The van der Waals surface area contributed by atoms with Gasteiger partial charge < -0.3 is 0 Å². The average Bonchev–Trinajstić information content (AvgIpc) is 1.89. The molecule has 0 aliphatic carbocycles. The zero-order chi connectivity index (χ0) is 8.57. The Hall–Kier alpha value is -0.520. The summed E-state index contributed by atoms with van der Waals surface area (Å²) in [6, 6.07) is 0. The molecule has 2 nitrogen and oxygen atoms in total. The van der Waals surface area contributed by atoms with Gasteiger partial charge in [-0.15, -0.1) is 11.8 Å². The third-order valence-corrected chi connectivity index (χ3v) is 0.771. The number of hydrogen-bond acceptors (Lipinski definition) is 2. The highest BCUT2D eigenvalue weighted by Crippen LogP contribution is 1.84. The van der Waals surface area contributed by atoms with Crippen LogP contribution in [0.15, 0.2) is 0 Å². The molecule has 0 unspecified atom stereocenters. The van der Waals surface area contributed by atoms with E-state index in [1.807, 2.05) is 0 Å². The van der Waals surface area contributed by atoms with Crippen molar-refractivity contribution >= 4 is 33.7 Å². The minimum absolute atomic E-state index is 1.14. The molecule has 0 aliphatic rings. The predicted octanol–water partition coefficient (Wildman–Crippen LogP) is 1.36. The van der Waals surface area contributed by atoms with E-state index in [2.05, 4.69) is 42.0 Å². The molecule has 0 aromatic rings. The Labute approximate surface area is 69.5 Å². The third-order valence-electron chi connectivity index (χ3n) is 0.331. The van der Waals surface area contributed by atoms with Gasteiger partial charge in [-0.2, -0.15) is 0 Å². The Bertz CT molecular complexity index is 158. The molecule has 0 fully saturated rings. The van der Waals surface area contributed by atoms with Crippen molar-refractivity contribution in [3.8, 4) is 11.8 Å². The molecule has 0 saturated heterocycles. The van der Waals surface area contributed by atoms with E-state index in [0.717, 1.165) is 0 Å². The van der Waals surface area contributed by atoms with Crippen molar-refractivity contribution in [3.63, 3.8) is 0 Å². The van der Waals surface area contributed by atoms with Crippen LogP contribution >= 0.6 is 23.2 Å². The molecule has 0 atom stereocenters. The molecule has 0 spiro atoms. The quantitative estimate of drug-likeness (QED) is 0.346. The molecule has 4 heteroatoms. The van der Waals surface area contributed by atoms with E-state index < -0.39 is 10.5 Å². The predicted molar refractivity (Wildman–Crippen MR) is 40.5 cm³/mol. The van der Waals surface area contributed by atoms with Gasteiger partial charge in [0.05, 0.1) is 0 Å². The van der Waals surface area contributed by atoms with E-state index >= 15 is 0 Å². The number of carbonyl (C=O) groups is 2. The van der Waals surface area contributed by atoms with Crippen molar-refractivity contribution in [1.82, 2.24) is 0 Å². The maximum Gasteiger partial charge on any atom is 0.304 e. The van der Waals surface area contributed by atoms with E-state index in [-0.39, 0.29) is 0 Å². The van der Waals surface area contributed by atoms with Gasteiger partial charge in [0.25, 0.3) is 0 Å². The maximum atomic E-state index is 9.43. The average molecular weight is 180 g/mol. The first kappa shape index (κ1) is 12.2. The van der Waals surface area contributed by atoms with E-state index in [1.165, 1.54) is 0 Å². The summed E-state index contributed by atoms with van der Waals surface area (Å²) in [7, 11) is 0. The molecule has 0 aliphatic heterocycles. The summed E-state index contributed by atoms with van der Waals surface area (Å²) in [6.07, 6.45) is 0. The molecule has 0 N–H and O–H groups in total. The second-order valence-corrected chi connectivity index (χ2v) is 1.66. The fourth-order valence-corrected chi connectivity index (χ4v) is 0. The summed E-state index contributed by atoms with van der Waals surface area (Å²) >= 11 is 8.98. The lowest BCUT2D eigenvalue weighted by atomic mass is 10.7. The van der Waals surface area contributed by atoms with Crippen LogP contribution < -0.4 is 0 Å². The van der Waals surface area contributed by atoms with Gasteiger partial charge in [-0.05, 0) is 30.1 Å². The van der Waals surface area contributed by atoms with E-state index in [4.69, 9.17) is 0 Å². The minimum Gasteiger partial charge on any atom is -0.271 e. The Kier molecular flexibility index (Phi) is 10.3. The first-order valence-corrected chi connectivity index (χ1v) is 2.90. The normalized spacial score (nSPS) is 6.00. The second-order valence-electron chi connectivity index (χ2n) is 0.974. The highest BCUT2D eigenvalue weighted by Gasteiger charge is 2.01. The van der Waals surface area contributed by atoms with Crippen LogP contribution in [0, 0.1) is 18.8 Å². The molecule has 0 amide bonds. The van der Waals surface area contributed by atoms with Crippen molar-refractivity contribution in [3.05, 3.63) is 6.92 Å². The second kappa shape index (κ2) is 8.48. The van der Waals surface area contributed by atoms with Gasteiger partial charge in [0.2, 0.25) is 0 Å².